The third kappa shape index (κ3) is 2.69. The van der Waals surface area contributed by atoms with Crippen molar-refractivity contribution in [3.05, 3.63) is 57.0 Å². The molecule has 1 aliphatic rings. The van der Waals surface area contributed by atoms with Crippen LogP contribution in [0.5, 0.6) is 0 Å². The molecule has 0 atom stereocenters. The molecule has 0 unspecified atom stereocenters. The lowest BCUT2D eigenvalue weighted by Gasteiger charge is -2.30. The largest absolute Gasteiger partial charge is 0.266 e. The molecule has 0 aromatic heterocycles. The number of fused-ring (bicyclic) bond motifs is 1. The molecule has 3 nitrogen and oxygen atoms in total. The number of aryl methyl sites for hydroxylation is 1. The summed E-state index contributed by atoms with van der Waals surface area (Å²) < 4.78 is 27.3. The van der Waals surface area contributed by atoms with Gasteiger partial charge >= 0.3 is 0 Å². The Morgan fingerprint density at radius 1 is 0.955 bits per heavy atom. The highest BCUT2D eigenvalue weighted by atomic mass is 35.5. The first-order chi connectivity index (χ1) is 10.4. The van der Waals surface area contributed by atoms with E-state index < -0.39 is 10.0 Å². The SMILES string of the molecule is O=S(=O)(c1cc(Cl)c(Cl)cc1Cl)N1CCCc2ccccc21. The van der Waals surface area contributed by atoms with E-state index in [0.717, 1.165) is 18.4 Å². The molecule has 7 heteroatoms. The van der Waals surface area contributed by atoms with Crippen LogP contribution >= 0.6 is 34.8 Å². The standard InChI is InChI=1S/C15H12Cl3NO2S/c16-11-8-13(18)15(9-12(11)17)22(20,21)19-7-3-5-10-4-1-2-6-14(10)19/h1-2,4,6,8-9H,3,5,7H2. The van der Waals surface area contributed by atoms with E-state index >= 15 is 0 Å². The Morgan fingerprint density at radius 3 is 2.41 bits per heavy atom. The average Bonchev–Trinajstić information content (AvgIpc) is 2.50. The molecule has 1 heterocycles. The van der Waals surface area contributed by atoms with E-state index in [9.17, 15) is 8.42 Å². The van der Waals surface area contributed by atoms with Gasteiger partial charge < -0.3 is 0 Å². The van der Waals surface area contributed by atoms with Crippen LogP contribution in [0.4, 0.5) is 5.69 Å². The minimum absolute atomic E-state index is 0.0275. The van der Waals surface area contributed by atoms with Gasteiger partial charge in [-0.2, -0.15) is 0 Å². The third-order valence-electron chi connectivity index (χ3n) is 3.61. The maximum absolute atomic E-state index is 13.0. The highest BCUT2D eigenvalue weighted by Gasteiger charge is 2.31. The molecular formula is C15H12Cl3NO2S. The highest BCUT2D eigenvalue weighted by Crippen LogP contribution is 2.37. The summed E-state index contributed by atoms with van der Waals surface area (Å²) in [6, 6.07) is 10.1. The minimum Gasteiger partial charge on any atom is -0.266 e. The fourth-order valence-electron chi connectivity index (χ4n) is 2.57. The molecule has 0 aliphatic carbocycles. The maximum Gasteiger partial charge on any atom is 0.265 e. The van der Waals surface area contributed by atoms with Gasteiger partial charge in [-0.25, -0.2) is 8.42 Å². The summed E-state index contributed by atoms with van der Waals surface area (Å²) in [5, 5.41) is 0.456. The normalized spacial score (nSPS) is 14.8. The summed E-state index contributed by atoms with van der Waals surface area (Å²) in [5.41, 5.74) is 1.70. The molecule has 2 aromatic rings. The predicted molar refractivity (Wildman–Crippen MR) is 90.8 cm³/mol. The van der Waals surface area contributed by atoms with Crippen molar-refractivity contribution < 1.29 is 8.42 Å². The lowest BCUT2D eigenvalue weighted by atomic mass is 10.0. The van der Waals surface area contributed by atoms with Crippen molar-refractivity contribution in [1.82, 2.24) is 0 Å². The maximum atomic E-state index is 13.0. The average molecular weight is 377 g/mol. The Kier molecular flexibility index (Phi) is 4.29. The summed E-state index contributed by atoms with van der Waals surface area (Å²) in [6.45, 7) is 0.413. The van der Waals surface area contributed by atoms with Crippen molar-refractivity contribution in [1.29, 1.82) is 0 Å². The zero-order valence-corrected chi connectivity index (χ0v) is 14.5. The van der Waals surface area contributed by atoms with Gasteiger partial charge in [0.2, 0.25) is 0 Å². The Labute approximate surface area is 144 Å². The van der Waals surface area contributed by atoms with E-state index in [0.29, 0.717) is 12.2 Å². The number of nitrogens with zero attached hydrogens (tertiary/aromatic N) is 1. The van der Waals surface area contributed by atoms with Gasteiger partial charge in [0.25, 0.3) is 10.0 Å². The van der Waals surface area contributed by atoms with Crippen molar-refractivity contribution in [3.63, 3.8) is 0 Å². The van der Waals surface area contributed by atoms with Crippen LogP contribution in [0.2, 0.25) is 15.1 Å². The van der Waals surface area contributed by atoms with E-state index in [4.69, 9.17) is 34.8 Å². The first kappa shape index (κ1) is 15.9. The summed E-state index contributed by atoms with van der Waals surface area (Å²) in [4.78, 5) is -0.0275. The second-order valence-electron chi connectivity index (χ2n) is 5.01. The van der Waals surface area contributed by atoms with Gasteiger partial charge in [0.05, 0.1) is 20.8 Å². The van der Waals surface area contributed by atoms with E-state index in [1.54, 1.807) is 6.07 Å². The number of halogens is 3. The lowest BCUT2D eigenvalue weighted by molar-refractivity contribution is 0.586. The van der Waals surface area contributed by atoms with Crippen LogP contribution in [0, 0.1) is 0 Å². The summed E-state index contributed by atoms with van der Waals surface area (Å²) in [7, 11) is -3.79. The number of benzene rings is 2. The molecule has 0 fully saturated rings. The third-order valence-corrected chi connectivity index (χ3v) is 6.61. The van der Waals surface area contributed by atoms with E-state index in [-0.39, 0.29) is 20.0 Å². The van der Waals surface area contributed by atoms with Crippen LogP contribution in [-0.2, 0) is 16.4 Å². The van der Waals surface area contributed by atoms with Crippen LogP contribution in [0.25, 0.3) is 0 Å². The number of sulfonamides is 1. The second-order valence-corrected chi connectivity index (χ2v) is 8.06. The van der Waals surface area contributed by atoms with Crippen LogP contribution in [0.3, 0.4) is 0 Å². The predicted octanol–water partition coefficient (Wildman–Crippen LogP) is 4.79. The monoisotopic (exact) mass is 375 g/mol. The summed E-state index contributed by atoms with van der Waals surface area (Å²) >= 11 is 17.9. The number of hydrogen-bond donors (Lipinski definition) is 0. The molecule has 0 radical (unpaired) electrons. The minimum atomic E-state index is -3.79. The van der Waals surface area contributed by atoms with Crippen molar-refractivity contribution in [2.24, 2.45) is 0 Å². The molecule has 116 valence electrons. The second kappa shape index (κ2) is 5.93. The van der Waals surface area contributed by atoms with Crippen molar-refractivity contribution in [3.8, 4) is 0 Å². The first-order valence-electron chi connectivity index (χ1n) is 6.66. The fraction of sp³-hybridized carbons (Fsp3) is 0.200. The number of hydrogen-bond acceptors (Lipinski definition) is 2. The van der Waals surface area contributed by atoms with Gasteiger partial charge in [-0.1, -0.05) is 53.0 Å². The van der Waals surface area contributed by atoms with Crippen LogP contribution in [0.15, 0.2) is 41.3 Å². The zero-order valence-electron chi connectivity index (χ0n) is 11.4. The van der Waals surface area contributed by atoms with Gasteiger partial charge in [-0.15, -0.1) is 0 Å². The molecule has 0 saturated heterocycles. The molecule has 0 bridgehead atoms. The van der Waals surface area contributed by atoms with E-state index in [2.05, 4.69) is 0 Å². The number of anilines is 1. The number of para-hydroxylation sites is 1. The highest BCUT2D eigenvalue weighted by molar-refractivity contribution is 7.93. The Hall–Kier alpha value is -0.940. The van der Waals surface area contributed by atoms with E-state index in [1.165, 1.54) is 16.4 Å². The molecule has 22 heavy (non-hydrogen) atoms. The van der Waals surface area contributed by atoms with Gasteiger partial charge in [0, 0.05) is 6.54 Å². The molecule has 2 aromatic carbocycles. The smallest absolute Gasteiger partial charge is 0.265 e. The van der Waals surface area contributed by atoms with Crippen molar-refractivity contribution in [2.75, 3.05) is 10.8 Å². The Balaban J connectivity index is 2.14. The van der Waals surface area contributed by atoms with Gasteiger partial charge in [-0.3, -0.25) is 4.31 Å². The number of rotatable bonds is 2. The van der Waals surface area contributed by atoms with Crippen LogP contribution in [0.1, 0.15) is 12.0 Å². The lowest BCUT2D eigenvalue weighted by Crippen LogP contribution is -2.35. The first-order valence-corrected chi connectivity index (χ1v) is 9.24. The van der Waals surface area contributed by atoms with Crippen LogP contribution in [-0.4, -0.2) is 15.0 Å². The van der Waals surface area contributed by atoms with Crippen LogP contribution < -0.4 is 4.31 Å². The molecule has 0 spiro atoms. The molecule has 3 rings (SSSR count). The summed E-state index contributed by atoms with van der Waals surface area (Å²) in [5.74, 6) is 0. The molecule has 1 aliphatic heterocycles. The van der Waals surface area contributed by atoms with Gasteiger partial charge in [-0.05, 0) is 36.6 Å². The van der Waals surface area contributed by atoms with Gasteiger partial charge in [0.1, 0.15) is 4.90 Å². The fourth-order valence-corrected chi connectivity index (χ4v) is 5.09. The quantitative estimate of drug-likeness (QED) is 0.707. The zero-order chi connectivity index (χ0) is 15.9. The molecular weight excluding hydrogens is 365 g/mol. The topological polar surface area (TPSA) is 37.4 Å². The van der Waals surface area contributed by atoms with Crippen molar-refractivity contribution >= 4 is 50.5 Å². The van der Waals surface area contributed by atoms with E-state index in [1.807, 2.05) is 18.2 Å². The van der Waals surface area contributed by atoms with Gasteiger partial charge in [0.15, 0.2) is 0 Å². The molecule has 0 amide bonds. The van der Waals surface area contributed by atoms with Crippen molar-refractivity contribution in [2.45, 2.75) is 17.7 Å². The molecule has 0 saturated carbocycles. The summed E-state index contributed by atoms with van der Waals surface area (Å²) in [6.07, 6.45) is 1.62. The Bertz CT molecular complexity index is 837. The molecule has 0 N–H and O–H groups in total. The Morgan fingerprint density at radius 2 is 1.64 bits per heavy atom.